The maximum Gasteiger partial charge on any atom is 0.113 e. The van der Waals surface area contributed by atoms with Gasteiger partial charge in [0, 0.05) is 0 Å². The Morgan fingerprint density at radius 3 is 1.23 bits per heavy atom. The molecule has 0 saturated carbocycles. The fraction of sp³-hybridized carbons (Fsp3) is 0.0385. The Morgan fingerprint density at radius 1 is 0.283 bits per heavy atom. The van der Waals surface area contributed by atoms with Gasteiger partial charge in [0.05, 0.1) is 0 Å². The molecule has 53 heavy (non-hydrogen) atoms. The minimum Gasteiger partial charge on any atom is -0.0616 e. The van der Waals surface area contributed by atoms with Crippen molar-refractivity contribution in [1.29, 1.82) is 0 Å². The fourth-order valence-electron chi connectivity index (χ4n) is 9.26. The van der Waals surface area contributed by atoms with Crippen LogP contribution in [0.1, 0.15) is 0 Å². The van der Waals surface area contributed by atoms with Gasteiger partial charge in [0.15, 0.2) is 0 Å². The molecule has 0 N–H and O–H groups in total. The van der Waals surface area contributed by atoms with Crippen LogP contribution in [0.5, 0.6) is 0 Å². The normalized spacial score (nSPS) is 13.2. The predicted octanol–water partition coefficient (Wildman–Crippen LogP) is 13.3. The van der Waals surface area contributed by atoms with Gasteiger partial charge in [-0.3, -0.25) is 0 Å². The van der Waals surface area contributed by atoms with E-state index in [0.29, 0.717) is 0 Å². The number of fused-ring (bicyclic) bond motifs is 8. The highest BCUT2D eigenvalue weighted by molar-refractivity contribution is 7.04. The zero-order chi connectivity index (χ0) is 35.3. The molecule has 1 heteroatoms. The second-order valence-electron chi connectivity index (χ2n) is 15.3. The molecule has 10 aromatic carbocycles. The monoisotopic (exact) mass is 688 g/mol. The third-order valence-corrected chi connectivity index (χ3v) is 15.5. The first-order valence-corrected chi connectivity index (χ1v) is 21.7. The van der Waals surface area contributed by atoms with Crippen LogP contribution >= 0.6 is 0 Å². The summed E-state index contributed by atoms with van der Waals surface area (Å²) in [7, 11) is -2.08. The molecule has 0 radical (unpaired) electrons. The highest BCUT2D eigenvalue weighted by Gasteiger charge is 2.38. The molecule has 0 aliphatic carbocycles. The van der Waals surface area contributed by atoms with Crippen molar-refractivity contribution in [3.8, 4) is 44.5 Å². The zero-order valence-electron chi connectivity index (χ0n) is 29.8. The van der Waals surface area contributed by atoms with E-state index in [4.69, 9.17) is 0 Å². The van der Waals surface area contributed by atoms with Gasteiger partial charge in [0.2, 0.25) is 0 Å². The molecule has 248 valence electrons. The third kappa shape index (κ3) is 4.61. The first kappa shape index (κ1) is 30.4. The lowest BCUT2D eigenvalue weighted by molar-refractivity contribution is 1.66. The van der Waals surface area contributed by atoms with E-state index in [2.05, 4.69) is 195 Å². The van der Waals surface area contributed by atoms with Crippen molar-refractivity contribution >= 4 is 72.3 Å². The van der Waals surface area contributed by atoms with Crippen LogP contribution in [-0.2, 0) is 0 Å². The van der Waals surface area contributed by atoms with Crippen LogP contribution in [0, 0.1) is 0 Å². The van der Waals surface area contributed by atoms with E-state index in [1.807, 2.05) is 0 Å². The minimum absolute atomic E-state index is 1.26. The van der Waals surface area contributed by atoms with E-state index in [0.717, 1.165) is 0 Å². The molecule has 0 fully saturated rings. The van der Waals surface area contributed by atoms with Crippen molar-refractivity contribution < 1.29 is 0 Å². The van der Waals surface area contributed by atoms with Crippen LogP contribution in [0.25, 0.3) is 98.4 Å². The van der Waals surface area contributed by atoms with E-state index in [9.17, 15) is 0 Å². The fourth-order valence-corrected chi connectivity index (χ4v) is 12.3. The van der Waals surface area contributed by atoms with Crippen LogP contribution in [0.15, 0.2) is 182 Å². The summed E-state index contributed by atoms with van der Waals surface area (Å²) in [5.41, 5.74) is 10.5. The smallest absolute Gasteiger partial charge is 0.0616 e. The molecule has 11 rings (SSSR count). The number of hydrogen-bond acceptors (Lipinski definition) is 0. The molecule has 1 aliphatic heterocycles. The lowest BCUT2D eigenvalue weighted by atomic mass is 9.84. The Bertz CT molecular complexity index is 3150. The molecule has 0 spiro atoms. The average molecular weight is 689 g/mol. The van der Waals surface area contributed by atoms with Crippen molar-refractivity contribution in [2.75, 3.05) is 0 Å². The number of hydrogen-bond donors (Lipinski definition) is 0. The molecule has 0 unspecified atom stereocenters. The zero-order valence-corrected chi connectivity index (χ0v) is 30.8. The third-order valence-electron chi connectivity index (χ3n) is 12.0. The summed E-state index contributed by atoms with van der Waals surface area (Å²) < 4.78 is 0. The summed E-state index contributed by atoms with van der Waals surface area (Å²) in [5, 5.41) is 15.9. The molecule has 1 aliphatic rings. The summed E-state index contributed by atoms with van der Waals surface area (Å²) in [5.74, 6) is 0. The van der Waals surface area contributed by atoms with Gasteiger partial charge in [-0.1, -0.05) is 171 Å². The van der Waals surface area contributed by atoms with E-state index in [-0.39, 0.29) is 0 Å². The Morgan fingerprint density at radius 2 is 0.679 bits per heavy atom. The maximum atomic E-state index is 2.61. The van der Waals surface area contributed by atoms with Crippen molar-refractivity contribution in [3.05, 3.63) is 182 Å². The first-order chi connectivity index (χ1) is 26.0. The number of benzene rings is 10. The molecular weight excluding hydrogens is 653 g/mol. The predicted molar refractivity (Wildman–Crippen MR) is 232 cm³/mol. The van der Waals surface area contributed by atoms with Crippen molar-refractivity contribution in [2.45, 2.75) is 13.1 Å². The molecule has 0 saturated heterocycles. The molecular formula is C52H36Si. The van der Waals surface area contributed by atoms with Gasteiger partial charge in [-0.25, -0.2) is 0 Å². The van der Waals surface area contributed by atoms with Gasteiger partial charge in [-0.2, -0.15) is 0 Å². The summed E-state index contributed by atoms with van der Waals surface area (Å²) in [6.45, 7) is 5.10. The summed E-state index contributed by atoms with van der Waals surface area (Å²) >= 11 is 0. The topological polar surface area (TPSA) is 0 Å². The van der Waals surface area contributed by atoms with Gasteiger partial charge in [-0.15, -0.1) is 0 Å². The number of rotatable bonds is 3. The summed E-state index contributed by atoms with van der Waals surface area (Å²) in [6.07, 6.45) is 0. The van der Waals surface area contributed by atoms with Crippen molar-refractivity contribution in [3.63, 3.8) is 0 Å². The van der Waals surface area contributed by atoms with Crippen molar-refractivity contribution in [2.24, 2.45) is 0 Å². The van der Waals surface area contributed by atoms with Crippen LogP contribution in [0.3, 0.4) is 0 Å². The Labute approximate surface area is 310 Å². The van der Waals surface area contributed by atoms with Crippen LogP contribution < -0.4 is 10.4 Å². The SMILES string of the molecule is C[Si]1(C)c2cc(-c3ccc4ccccc4c3)ccc2-c2cc3c(-c4ccc5ccccc5c4)c4ccccc4c(-c4ccc5ccccc5c4)c3cc21. The lowest BCUT2D eigenvalue weighted by Crippen LogP contribution is -2.49. The lowest BCUT2D eigenvalue weighted by Gasteiger charge is -2.23. The highest BCUT2D eigenvalue weighted by atomic mass is 28.3. The van der Waals surface area contributed by atoms with E-state index in [1.54, 1.807) is 0 Å². The molecule has 0 bridgehead atoms. The molecule has 0 nitrogen and oxygen atoms in total. The van der Waals surface area contributed by atoms with Gasteiger partial charge in [0.1, 0.15) is 8.07 Å². The van der Waals surface area contributed by atoms with Crippen LogP contribution in [0.4, 0.5) is 0 Å². The van der Waals surface area contributed by atoms with Gasteiger partial charge in [0.25, 0.3) is 0 Å². The molecule has 10 aromatic rings. The second kappa shape index (κ2) is 11.4. The van der Waals surface area contributed by atoms with Crippen LogP contribution in [0.2, 0.25) is 13.1 Å². The Kier molecular flexibility index (Phi) is 6.50. The molecule has 1 heterocycles. The quantitative estimate of drug-likeness (QED) is 0.128. The molecule has 0 amide bonds. The second-order valence-corrected chi connectivity index (χ2v) is 19.6. The van der Waals surface area contributed by atoms with Gasteiger partial charge in [-0.05, 0) is 133 Å². The minimum atomic E-state index is -2.08. The molecule has 0 atom stereocenters. The van der Waals surface area contributed by atoms with E-state index < -0.39 is 8.07 Å². The van der Waals surface area contributed by atoms with Gasteiger partial charge < -0.3 is 0 Å². The molecule has 0 aromatic heterocycles. The van der Waals surface area contributed by atoms with E-state index in [1.165, 1.54) is 109 Å². The Hall–Kier alpha value is -6.28. The highest BCUT2D eigenvalue weighted by Crippen LogP contribution is 2.46. The van der Waals surface area contributed by atoms with Gasteiger partial charge >= 0.3 is 0 Å². The largest absolute Gasteiger partial charge is 0.113 e. The Balaban J connectivity index is 1.21. The standard InChI is InChI=1S/C52H36Si/c1-53(2)49-30-40(39-22-19-33-11-3-6-14-36(33)27-39)25-26-43(49)46-31-47-48(32-50(46)53)52(42-24-21-35-13-5-8-16-38(35)29-42)45-18-10-9-17-44(45)51(47)41-23-20-34-12-4-7-15-37(34)28-41/h3-32H,1-2H3. The summed E-state index contributed by atoms with van der Waals surface area (Å²) in [6, 6.07) is 68.5. The maximum absolute atomic E-state index is 2.61. The van der Waals surface area contributed by atoms with Crippen LogP contribution in [-0.4, -0.2) is 8.07 Å². The van der Waals surface area contributed by atoms with Crippen molar-refractivity contribution in [1.82, 2.24) is 0 Å². The summed E-state index contributed by atoms with van der Waals surface area (Å²) in [4.78, 5) is 0. The first-order valence-electron chi connectivity index (χ1n) is 18.7. The average Bonchev–Trinajstić information content (AvgIpc) is 3.43. The van der Waals surface area contributed by atoms with E-state index >= 15 is 0 Å².